The molecule has 2 atom stereocenters. The predicted molar refractivity (Wildman–Crippen MR) is 137 cm³/mol. The lowest BCUT2D eigenvalue weighted by atomic mass is 10.1. The molecule has 0 radical (unpaired) electrons. The highest BCUT2D eigenvalue weighted by molar-refractivity contribution is 6.04. The Kier molecular flexibility index (Phi) is 6.09. The van der Waals surface area contributed by atoms with Crippen molar-refractivity contribution in [3.8, 4) is 0 Å². The zero-order valence-corrected chi connectivity index (χ0v) is 19.7. The van der Waals surface area contributed by atoms with Crippen LogP contribution >= 0.6 is 0 Å². The topological polar surface area (TPSA) is 80.6 Å². The average Bonchev–Trinajstić information content (AvgIpc) is 2.86. The molecule has 0 spiro atoms. The quantitative estimate of drug-likeness (QED) is 0.458. The molecule has 35 heavy (non-hydrogen) atoms. The molecule has 3 aromatic carbocycles. The number of hydrogen-bond donors (Lipinski definition) is 1. The average molecular weight is 470 g/mol. The number of carbonyl (C=O) groups excluding carboxylic acids is 2. The molecule has 0 saturated carbocycles. The second-order valence-corrected chi connectivity index (χ2v) is 9.01. The van der Waals surface area contributed by atoms with Crippen LogP contribution in [-0.4, -0.2) is 46.6 Å². The summed E-state index contributed by atoms with van der Waals surface area (Å²) in [6, 6.07) is 21.6. The second-order valence-electron chi connectivity index (χ2n) is 9.01. The lowest BCUT2D eigenvalue weighted by Gasteiger charge is -2.35. The van der Waals surface area contributed by atoms with Crippen LogP contribution in [0.4, 0.5) is 5.69 Å². The summed E-state index contributed by atoms with van der Waals surface area (Å²) in [4.78, 5) is 41.3. The molecule has 0 aliphatic carbocycles. The number of para-hydroxylation sites is 3. The van der Waals surface area contributed by atoms with E-state index in [2.05, 4.69) is 5.32 Å². The zero-order valence-electron chi connectivity index (χ0n) is 19.7. The molecule has 4 aromatic rings. The zero-order chi connectivity index (χ0) is 24.5. The van der Waals surface area contributed by atoms with Gasteiger partial charge in [0.15, 0.2) is 5.43 Å². The number of nitrogens with zero attached hydrogens (tertiary/aromatic N) is 2. The molecule has 7 nitrogen and oxygen atoms in total. The highest BCUT2D eigenvalue weighted by Crippen LogP contribution is 2.22. The van der Waals surface area contributed by atoms with E-state index in [1.807, 2.05) is 54.8 Å². The van der Waals surface area contributed by atoms with Crippen molar-refractivity contribution in [2.45, 2.75) is 32.6 Å². The Morgan fingerprint density at radius 3 is 2.03 bits per heavy atom. The summed E-state index contributed by atoms with van der Waals surface area (Å²) < 4.78 is 7.60. The molecule has 178 valence electrons. The van der Waals surface area contributed by atoms with Crippen LogP contribution in [0.25, 0.3) is 21.8 Å². The number of anilines is 1. The molecular formula is C28H27N3O4. The van der Waals surface area contributed by atoms with E-state index < -0.39 is 0 Å². The number of fused-ring (bicyclic) bond motifs is 2. The molecule has 5 rings (SSSR count). The van der Waals surface area contributed by atoms with E-state index in [0.717, 1.165) is 0 Å². The van der Waals surface area contributed by atoms with Gasteiger partial charge in [-0.25, -0.2) is 0 Å². The number of rotatable bonds is 4. The van der Waals surface area contributed by atoms with E-state index in [1.165, 1.54) is 0 Å². The Labute approximate surface area is 202 Å². The van der Waals surface area contributed by atoms with Crippen molar-refractivity contribution >= 4 is 39.3 Å². The Bertz CT molecular complexity index is 1420. The van der Waals surface area contributed by atoms with Crippen LogP contribution in [0.3, 0.4) is 0 Å². The van der Waals surface area contributed by atoms with Gasteiger partial charge in [-0.2, -0.15) is 0 Å². The lowest BCUT2D eigenvalue weighted by Crippen LogP contribution is -2.48. The van der Waals surface area contributed by atoms with Crippen molar-refractivity contribution in [2.75, 3.05) is 18.4 Å². The first-order chi connectivity index (χ1) is 16.9. The normalized spacial score (nSPS) is 18.1. The van der Waals surface area contributed by atoms with E-state index in [0.29, 0.717) is 46.1 Å². The predicted octanol–water partition coefficient (Wildman–Crippen LogP) is 4.04. The Hall–Kier alpha value is -3.97. The van der Waals surface area contributed by atoms with Crippen LogP contribution in [0.5, 0.6) is 0 Å². The van der Waals surface area contributed by atoms with E-state index in [9.17, 15) is 14.4 Å². The first-order valence-electron chi connectivity index (χ1n) is 11.8. The van der Waals surface area contributed by atoms with Gasteiger partial charge >= 0.3 is 0 Å². The maximum atomic E-state index is 13.3. The van der Waals surface area contributed by atoms with Crippen LogP contribution in [0.2, 0.25) is 0 Å². The fourth-order valence-electron chi connectivity index (χ4n) is 4.87. The summed E-state index contributed by atoms with van der Waals surface area (Å²) >= 11 is 0. The molecule has 0 unspecified atom stereocenters. The first-order valence-corrected chi connectivity index (χ1v) is 11.8. The number of morpholine rings is 1. The molecule has 0 bridgehead atoms. The van der Waals surface area contributed by atoms with E-state index in [1.54, 1.807) is 41.3 Å². The van der Waals surface area contributed by atoms with Gasteiger partial charge in [0.05, 0.1) is 34.5 Å². The third-order valence-electron chi connectivity index (χ3n) is 6.32. The maximum Gasteiger partial charge on any atom is 0.256 e. The van der Waals surface area contributed by atoms with Crippen LogP contribution in [0, 0.1) is 0 Å². The largest absolute Gasteiger partial charge is 0.372 e. The Morgan fingerprint density at radius 1 is 0.857 bits per heavy atom. The molecular weight excluding hydrogens is 442 g/mol. The first kappa shape index (κ1) is 22.8. The van der Waals surface area contributed by atoms with Crippen molar-refractivity contribution in [3.05, 3.63) is 88.6 Å². The van der Waals surface area contributed by atoms with Crippen molar-refractivity contribution in [3.63, 3.8) is 0 Å². The summed E-state index contributed by atoms with van der Waals surface area (Å²) in [7, 11) is 0. The minimum absolute atomic E-state index is 0.00451. The fraction of sp³-hybridized carbons (Fsp3) is 0.250. The van der Waals surface area contributed by atoms with Crippen LogP contribution in [0.1, 0.15) is 24.2 Å². The van der Waals surface area contributed by atoms with Crippen LogP contribution in [0.15, 0.2) is 77.6 Å². The van der Waals surface area contributed by atoms with Gasteiger partial charge in [0.25, 0.3) is 5.91 Å². The lowest BCUT2D eigenvalue weighted by molar-refractivity contribution is -0.116. The molecule has 1 fully saturated rings. The van der Waals surface area contributed by atoms with Crippen molar-refractivity contribution < 1.29 is 14.3 Å². The molecule has 7 heteroatoms. The molecule has 1 N–H and O–H groups in total. The van der Waals surface area contributed by atoms with E-state index >= 15 is 0 Å². The summed E-state index contributed by atoms with van der Waals surface area (Å²) in [6.45, 7) is 4.89. The molecule has 1 aliphatic rings. The van der Waals surface area contributed by atoms with Gasteiger partial charge in [-0.3, -0.25) is 14.4 Å². The number of ether oxygens (including phenoxy) is 1. The third kappa shape index (κ3) is 4.42. The molecule has 2 amide bonds. The molecule has 1 aliphatic heterocycles. The van der Waals surface area contributed by atoms with Crippen molar-refractivity contribution in [1.29, 1.82) is 0 Å². The summed E-state index contributed by atoms with van der Waals surface area (Å²) in [5, 5.41) is 4.05. The number of benzene rings is 3. The molecule has 1 saturated heterocycles. The maximum absolute atomic E-state index is 13.3. The van der Waals surface area contributed by atoms with Crippen LogP contribution in [-0.2, 0) is 16.1 Å². The van der Waals surface area contributed by atoms with Gasteiger partial charge in [-0.1, -0.05) is 36.4 Å². The Morgan fingerprint density at radius 2 is 1.40 bits per heavy atom. The number of nitrogens with one attached hydrogen (secondary N) is 1. The minimum Gasteiger partial charge on any atom is -0.372 e. The van der Waals surface area contributed by atoms with Gasteiger partial charge in [0.1, 0.15) is 6.54 Å². The number of carbonyl (C=O) groups is 2. The SMILES string of the molecule is C[C@H]1CN(C(=O)c2ccccc2NC(=O)Cn2c3ccccc3c(=O)c3ccccc32)C[C@H](C)O1. The minimum atomic E-state index is -0.284. The van der Waals surface area contributed by atoms with Gasteiger partial charge in [0, 0.05) is 23.9 Å². The molecule has 1 aromatic heterocycles. The van der Waals surface area contributed by atoms with Gasteiger partial charge in [0.2, 0.25) is 5.91 Å². The van der Waals surface area contributed by atoms with E-state index in [4.69, 9.17) is 4.74 Å². The number of hydrogen-bond acceptors (Lipinski definition) is 4. The standard InChI is InChI=1S/C28H27N3O4/c1-18-15-30(16-19(2)35-18)28(34)20-9-3-6-12-23(20)29-26(32)17-31-24-13-7-4-10-21(24)27(33)22-11-5-8-14-25(22)31/h3-14,18-19H,15-17H2,1-2H3,(H,29,32)/t18-,19-/m0/s1. The number of amides is 2. The van der Waals surface area contributed by atoms with E-state index in [-0.39, 0.29) is 36.0 Å². The van der Waals surface area contributed by atoms with Crippen molar-refractivity contribution in [2.24, 2.45) is 0 Å². The van der Waals surface area contributed by atoms with Gasteiger partial charge < -0.3 is 19.5 Å². The second kappa shape index (κ2) is 9.35. The number of pyridine rings is 1. The van der Waals surface area contributed by atoms with Crippen LogP contribution < -0.4 is 10.7 Å². The number of aromatic nitrogens is 1. The third-order valence-corrected chi connectivity index (χ3v) is 6.32. The monoisotopic (exact) mass is 469 g/mol. The highest BCUT2D eigenvalue weighted by atomic mass is 16.5. The highest BCUT2D eigenvalue weighted by Gasteiger charge is 2.28. The van der Waals surface area contributed by atoms with Gasteiger partial charge in [-0.05, 0) is 50.2 Å². The molecule has 2 heterocycles. The van der Waals surface area contributed by atoms with Crippen molar-refractivity contribution in [1.82, 2.24) is 9.47 Å². The summed E-state index contributed by atoms with van der Waals surface area (Å²) in [5.74, 6) is -0.421. The Balaban J connectivity index is 1.46. The summed E-state index contributed by atoms with van der Waals surface area (Å²) in [5.41, 5.74) is 2.22. The fourth-order valence-corrected chi connectivity index (χ4v) is 4.87. The summed E-state index contributed by atoms with van der Waals surface area (Å²) in [6.07, 6.45) is -0.0993. The van der Waals surface area contributed by atoms with Gasteiger partial charge in [-0.15, -0.1) is 0 Å². The smallest absolute Gasteiger partial charge is 0.256 e.